The molecule has 134 valence electrons. The van der Waals surface area contributed by atoms with Crippen molar-refractivity contribution in [1.82, 2.24) is 20.2 Å². The normalized spacial score (nSPS) is 10.9. The largest absolute Gasteiger partial charge is 0.324 e. The van der Waals surface area contributed by atoms with Crippen LogP contribution in [-0.2, 0) is 4.79 Å². The van der Waals surface area contributed by atoms with Gasteiger partial charge in [-0.2, -0.15) is 0 Å². The average Bonchev–Trinajstić information content (AvgIpc) is 3.11. The SMILES string of the molecule is CC(C)n1nnnc1SCC(=O)Nc1ccccc1Sc1ccccc1. The van der Waals surface area contributed by atoms with E-state index in [4.69, 9.17) is 0 Å². The van der Waals surface area contributed by atoms with Crippen molar-refractivity contribution in [1.29, 1.82) is 0 Å². The van der Waals surface area contributed by atoms with Crippen LogP contribution in [0.25, 0.3) is 0 Å². The van der Waals surface area contributed by atoms with E-state index < -0.39 is 0 Å². The molecular weight excluding hydrogens is 366 g/mol. The molecule has 0 unspecified atom stereocenters. The number of tetrazole rings is 1. The Bertz CT molecular complexity index is 867. The van der Waals surface area contributed by atoms with Gasteiger partial charge < -0.3 is 5.32 Å². The molecule has 3 aromatic rings. The predicted octanol–water partition coefficient (Wildman–Crippen LogP) is 4.14. The number of hydrogen-bond donors (Lipinski definition) is 1. The van der Waals surface area contributed by atoms with Gasteiger partial charge in [0.15, 0.2) is 0 Å². The molecule has 0 radical (unpaired) electrons. The second-order valence-corrected chi connectivity index (χ2v) is 7.81. The van der Waals surface area contributed by atoms with Crippen LogP contribution in [-0.4, -0.2) is 31.9 Å². The summed E-state index contributed by atoms with van der Waals surface area (Å²) in [5, 5.41) is 15.2. The van der Waals surface area contributed by atoms with E-state index in [2.05, 4.69) is 20.8 Å². The maximum atomic E-state index is 12.4. The zero-order chi connectivity index (χ0) is 18.4. The molecule has 0 aliphatic heterocycles. The zero-order valence-corrected chi connectivity index (χ0v) is 16.1. The Labute approximate surface area is 160 Å². The van der Waals surface area contributed by atoms with Crippen LogP contribution in [0.1, 0.15) is 19.9 Å². The topological polar surface area (TPSA) is 72.7 Å². The molecule has 0 bridgehead atoms. The highest BCUT2D eigenvalue weighted by Crippen LogP contribution is 2.33. The fraction of sp³-hybridized carbons (Fsp3) is 0.222. The molecular formula is C18H19N5OS2. The standard InChI is InChI=1S/C18H19N5OS2/c1-13(2)23-18(20-21-22-23)25-12-17(24)19-15-10-6-7-11-16(15)26-14-8-4-3-5-9-14/h3-11,13H,12H2,1-2H3,(H,19,24). The molecule has 1 heterocycles. The maximum absolute atomic E-state index is 12.4. The Morgan fingerprint density at radius 2 is 1.85 bits per heavy atom. The van der Waals surface area contributed by atoms with Gasteiger partial charge in [-0.1, -0.05) is 53.9 Å². The van der Waals surface area contributed by atoms with Crippen molar-refractivity contribution in [3.05, 3.63) is 54.6 Å². The number of hydrogen-bond acceptors (Lipinski definition) is 6. The first-order valence-corrected chi connectivity index (χ1v) is 9.96. The number of nitrogens with one attached hydrogen (secondary N) is 1. The Hall–Kier alpha value is -2.32. The van der Waals surface area contributed by atoms with E-state index in [1.165, 1.54) is 11.8 Å². The van der Waals surface area contributed by atoms with Gasteiger partial charge >= 0.3 is 0 Å². The van der Waals surface area contributed by atoms with Gasteiger partial charge in [0, 0.05) is 9.79 Å². The third kappa shape index (κ3) is 4.86. The number of amides is 1. The molecule has 2 aromatic carbocycles. The number of para-hydroxylation sites is 1. The molecule has 8 heteroatoms. The second-order valence-electron chi connectivity index (χ2n) is 5.75. The van der Waals surface area contributed by atoms with Gasteiger partial charge in [0.25, 0.3) is 0 Å². The van der Waals surface area contributed by atoms with Crippen LogP contribution in [0.3, 0.4) is 0 Å². The minimum absolute atomic E-state index is 0.0885. The molecule has 1 aromatic heterocycles. The molecule has 1 N–H and O–H groups in total. The minimum atomic E-state index is -0.0885. The molecule has 0 saturated heterocycles. The number of carbonyl (C=O) groups excluding carboxylic acids is 1. The van der Waals surface area contributed by atoms with Crippen molar-refractivity contribution in [2.45, 2.75) is 34.8 Å². The molecule has 6 nitrogen and oxygen atoms in total. The van der Waals surface area contributed by atoms with Crippen LogP contribution >= 0.6 is 23.5 Å². The Kier molecular flexibility index (Phi) is 6.30. The highest BCUT2D eigenvalue weighted by atomic mass is 32.2. The van der Waals surface area contributed by atoms with Crippen molar-refractivity contribution < 1.29 is 4.79 Å². The number of thioether (sulfide) groups is 1. The van der Waals surface area contributed by atoms with Gasteiger partial charge in [-0.05, 0) is 48.5 Å². The Balaban J connectivity index is 1.63. The Morgan fingerprint density at radius 1 is 1.12 bits per heavy atom. The number of nitrogens with zero attached hydrogens (tertiary/aromatic N) is 4. The lowest BCUT2D eigenvalue weighted by Crippen LogP contribution is -2.15. The van der Waals surface area contributed by atoms with Crippen molar-refractivity contribution in [3.63, 3.8) is 0 Å². The maximum Gasteiger partial charge on any atom is 0.234 e. The van der Waals surface area contributed by atoms with Crippen LogP contribution in [0, 0.1) is 0 Å². The van der Waals surface area contributed by atoms with E-state index in [0.717, 1.165) is 15.5 Å². The lowest BCUT2D eigenvalue weighted by atomic mass is 10.3. The van der Waals surface area contributed by atoms with Crippen LogP contribution in [0.5, 0.6) is 0 Å². The Morgan fingerprint density at radius 3 is 2.62 bits per heavy atom. The lowest BCUT2D eigenvalue weighted by molar-refractivity contribution is -0.113. The monoisotopic (exact) mass is 385 g/mol. The van der Waals surface area contributed by atoms with E-state index in [0.29, 0.717) is 5.16 Å². The first kappa shape index (κ1) is 18.5. The van der Waals surface area contributed by atoms with Crippen LogP contribution in [0.4, 0.5) is 5.69 Å². The summed E-state index contributed by atoms with van der Waals surface area (Å²) in [5.74, 6) is 0.159. The second kappa shape index (κ2) is 8.86. The molecule has 26 heavy (non-hydrogen) atoms. The fourth-order valence-electron chi connectivity index (χ4n) is 2.20. The molecule has 0 saturated carbocycles. The first-order chi connectivity index (χ1) is 12.6. The van der Waals surface area contributed by atoms with Gasteiger partial charge in [0.1, 0.15) is 0 Å². The van der Waals surface area contributed by atoms with Gasteiger partial charge in [-0.15, -0.1) is 5.10 Å². The quantitative estimate of drug-likeness (QED) is 0.616. The minimum Gasteiger partial charge on any atom is -0.324 e. The number of benzene rings is 2. The summed E-state index contributed by atoms with van der Waals surface area (Å²) in [6.07, 6.45) is 0. The number of carbonyl (C=O) groups is 1. The summed E-state index contributed by atoms with van der Waals surface area (Å²) < 4.78 is 1.71. The smallest absolute Gasteiger partial charge is 0.234 e. The highest BCUT2D eigenvalue weighted by molar-refractivity contribution is 8.00. The summed E-state index contributed by atoms with van der Waals surface area (Å²) in [6.45, 7) is 4.00. The summed E-state index contributed by atoms with van der Waals surface area (Å²) in [4.78, 5) is 14.5. The predicted molar refractivity (Wildman–Crippen MR) is 105 cm³/mol. The zero-order valence-electron chi connectivity index (χ0n) is 14.5. The van der Waals surface area contributed by atoms with Gasteiger partial charge in [0.05, 0.1) is 17.5 Å². The van der Waals surface area contributed by atoms with Crippen LogP contribution < -0.4 is 5.32 Å². The molecule has 0 aliphatic carbocycles. The molecule has 0 spiro atoms. The molecule has 0 atom stereocenters. The van der Waals surface area contributed by atoms with E-state index in [9.17, 15) is 4.79 Å². The van der Waals surface area contributed by atoms with Crippen molar-refractivity contribution in [3.8, 4) is 0 Å². The van der Waals surface area contributed by atoms with Crippen molar-refractivity contribution in [2.24, 2.45) is 0 Å². The number of aromatic nitrogens is 4. The van der Waals surface area contributed by atoms with Crippen molar-refractivity contribution in [2.75, 3.05) is 11.1 Å². The van der Waals surface area contributed by atoms with E-state index in [1.807, 2.05) is 68.4 Å². The summed E-state index contributed by atoms with van der Waals surface area (Å²) >= 11 is 2.95. The van der Waals surface area contributed by atoms with Crippen LogP contribution in [0.15, 0.2) is 69.5 Å². The summed E-state index contributed by atoms with van der Waals surface area (Å²) in [5.41, 5.74) is 0.801. The number of anilines is 1. The van der Waals surface area contributed by atoms with E-state index in [-0.39, 0.29) is 17.7 Å². The first-order valence-electron chi connectivity index (χ1n) is 8.16. The average molecular weight is 386 g/mol. The van der Waals surface area contributed by atoms with Gasteiger partial charge in [0.2, 0.25) is 11.1 Å². The summed E-state index contributed by atoms with van der Waals surface area (Å²) in [6, 6.07) is 18.0. The third-order valence-electron chi connectivity index (χ3n) is 3.42. The third-order valence-corrected chi connectivity index (χ3v) is 5.43. The highest BCUT2D eigenvalue weighted by Gasteiger charge is 2.13. The molecule has 1 amide bonds. The van der Waals surface area contributed by atoms with Crippen LogP contribution in [0.2, 0.25) is 0 Å². The molecule has 0 fully saturated rings. The number of rotatable bonds is 7. The molecule has 0 aliphatic rings. The van der Waals surface area contributed by atoms with E-state index in [1.54, 1.807) is 16.4 Å². The van der Waals surface area contributed by atoms with E-state index >= 15 is 0 Å². The fourth-order valence-corrected chi connectivity index (χ4v) is 3.92. The lowest BCUT2D eigenvalue weighted by Gasteiger charge is -2.11. The van der Waals surface area contributed by atoms with Gasteiger partial charge in [-0.25, -0.2) is 4.68 Å². The van der Waals surface area contributed by atoms with Gasteiger partial charge in [-0.3, -0.25) is 4.79 Å². The van der Waals surface area contributed by atoms with Crippen molar-refractivity contribution >= 4 is 35.1 Å². The molecule has 3 rings (SSSR count). The summed E-state index contributed by atoms with van der Waals surface area (Å²) in [7, 11) is 0.